The van der Waals surface area contributed by atoms with Gasteiger partial charge in [-0.2, -0.15) is 0 Å². The van der Waals surface area contributed by atoms with E-state index in [0.717, 1.165) is 73.7 Å². The Kier molecular flexibility index (Phi) is 5.81. The number of hydrogen-bond acceptors (Lipinski definition) is 3. The second-order valence-corrected chi connectivity index (χ2v) is 11.0. The van der Waals surface area contributed by atoms with Crippen molar-refractivity contribution in [2.24, 2.45) is 0 Å². The smallest absolute Gasteiger partial charge is 0.273 e. The number of carbonyl (C=O) groups excluding carboxylic acids is 2. The van der Waals surface area contributed by atoms with Gasteiger partial charge >= 0.3 is 0 Å². The molecule has 6 rings (SSSR count). The van der Waals surface area contributed by atoms with Crippen LogP contribution in [0.1, 0.15) is 75.2 Å². The number of nitrogens with one attached hydrogen (secondary N) is 1. The highest BCUT2D eigenvalue weighted by molar-refractivity contribution is 6.09. The Balaban J connectivity index is 1.51. The standard InChI is InChI=1S/C29H36N4O3/c1-29(28(35)30-20-10-4-3-5-11-20)19-32-24-15-14-22(36-2)18-23(24)25(31-16-8-9-17-31)26(32)27(34)33(29)21-12-6-7-13-21/h8-9,14-18,20-21H,3-7,10-13,19H2,1-2H3,(H,30,35)/t29-/m1/s1. The normalized spacial score (nSPS) is 23.3. The summed E-state index contributed by atoms with van der Waals surface area (Å²) in [5.41, 5.74) is 1.52. The Morgan fingerprint density at radius 1 is 1.03 bits per heavy atom. The average molecular weight is 489 g/mol. The molecule has 3 aromatic rings. The fourth-order valence-corrected chi connectivity index (χ4v) is 6.79. The first-order chi connectivity index (χ1) is 17.5. The fraction of sp³-hybridized carbons (Fsp3) is 0.517. The summed E-state index contributed by atoms with van der Waals surface area (Å²) >= 11 is 0. The van der Waals surface area contributed by atoms with Crippen LogP contribution in [0.2, 0.25) is 0 Å². The van der Waals surface area contributed by atoms with E-state index in [9.17, 15) is 9.59 Å². The lowest BCUT2D eigenvalue weighted by Crippen LogP contribution is -2.67. The van der Waals surface area contributed by atoms with Gasteiger partial charge < -0.3 is 24.1 Å². The quantitative estimate of drug-likeness (QED) is 0.547. The SMILES string of the molecule is COc1ccc2c(c1)c(-n1cccc1)c1n2C[C@](C)(C(=O)NC2CCCCC2)N(C2CCCC2)C1=O. The summed E-state index contributed by atoms with van der Waals surface area (Å²) in [6.45, 7) is 2.42. The molecule has 0 radical (unpaired) electrons. The topological polar surface area (TPSA) is 68.5 Å². The van der Waals surface area contributed by atoms with E-state index in [1.807, 2.05) is 59.1 Å². The number of amides is 2. The maximum Gasteiger partial charge on any atom is 0.273 e. The van der Waals surface area contributed by atoms with Gasteiger partial charge in [-0.15, -0.1) is 0 Å². The number of nitrogens with zero attached hydrogens (tertiary/aromatic N) is 3. The number of rotatable bonds is 5. The first kappa shape index (κ1) is 23.2. The van der Waals surface area contributed by atoms with Crippen LogP contribution in [0.4, 0.5) is 0 Å². The zero-order chi connectivity index (χ0) is 24.9. The van der Waals surface area contributed by atoms with Crippen LogP contribution in [0, 0.1) is 0 Å². The first-order valence-corrected chi connectivity index (χ1v) is 13.5. The van der Waals surface area contributed by atoms with Crippen LogP contribution in [0.3, 0.4) is 0 Å². The van der Waals surface area contributed by atoms with Gasteiger partial charge in [-0.05, 0) is 62.9 Å². The van der Waals surface area contributed by atoms with Gasteiger partial charge in [-0.25, -0.2) is 0 Å². The van der Waals surface area contributed by atoms with Crippen molar-refractivity contribution in [3.8, 4) is 11.4 Å². The summed E-state index contributed by atoms with van der Waals surface area (Å²) in [6, 6.07) is 10.2. The molecule has 7 nitrogen and oxygen atoms in total. The molecule has 190 valence electrons. The summed E-state index contributed by atoms with van der Waals surface area (Å²) < 4.78 is 9.64. The molecule has 7 heteroatoms. The molecule has 1 aromatic carbocycles. The van der Waals surface area contributed by atoms with Gasteiger partial charge in [0.1, 0.15) is 17.0 Å². The molecule has 2 amide bonds. The summed E-state index contributed by atoms with van der Waals surface area (Å²) in [5.74, 6) is 0.684. The molecule has 0 spiro atoms. The van der Waals surface area contributed by atoms with Crippen molar-refractivity contribution in [1.29, 1.82) is 0 Å². The summed E-state index contributed by atoms with van der Waals surface area (Å²) in [5, 5.41) is 4.32. The molecule has 36 heavy (non-hydrogen) atoms. The zero-order valence-corrected chi connectivity index (χ0v) is 21.3. The van der Waals surface area contributed by atoms with E-state index in [1.54, 1.807) is 7.11 Å². The van der Waals surface area contributed by atoms with Crippen LogP contribution < -0.4 is 10.1 Å². The highest BCUT2D eigenvalue weighted by Gasteiger charge is 2.52. The Hall–Kier alpha value is -3.22. The van der Waals surface area contributed by atoms with E-state index in [2.05, 4.69) is 9.88 Å². The first-order valence-electron chi connectivity index (χ1n) is 13.5. The van der Waals surface area contributed by atoms with Crippen LogP contribution in [0.5, 0.6) is 5.75 Å². The molecule has 3 heterocycles. The van der Waals surface area contributed by atoms with Crippen LogP contribution >= 0.6 is 0 Å². The average Bonchev–Trinajstić information content (AvgIpc) is 3.65. The molecule has 0 bridgehead atoms. The van der Waals surface area contributed by atoms with Crippen molar-refractivity contribution in [3.63, 3.8) is 0 Å². The molecule has 0 unspecified atom stereocenters. The molecule has 2 fully saturated rings. The second kappa shape index (κ2) is 9.02. The number of aromatic nitrogens is 2. The number of hydrogen-bond donors (Lipinski definition) is 1. The summed E-state index contributed by atoms with van der Waals surface area (Å²) in [7, 11) is 1.66. The minimum atomic E-state index is -0.948. The Bertz CT molecular complexity index is 1280. The molecule has 2 aliphatic carbocycles. The number of methoxy groups -OCH3 is 1. The van der Waals surface area contributed by atoms with Crippen molar-refractivity contribution < 1.29 is 14.3 Å². The van der Waals surface area contributed by atoms with Crippen LogP contribution in [0.25, 0.3) is 16.6 Å². The molecular weight excluding hydrogens is 452 g/mol. The lowest BCUT2D eigenvalue weighted by Gasteiger charge is -2.48. The van der Waals surface area contributed by atoms with Gasteiger partial charge in [0.25, 0.3) is 5.91 Å². The zero-order valence-electron chi connectivity index (χ0n) is 21.3. The predicted molar refractivity (Wildman–Crippen MR) is 140 cm³/mol. The Morgan fingerprint density at radius 3 is 2.42 bits per heavy atom. The molecule has 2 aromatic heterocycles. The lowest BCUT2D eigenvalue weighted by atomic mass is 9.89. The number of carbonyl (C=O) groups is 2. The maximum absolute atomic E-state index is 14.5. The van der Waals surface area contributed by atoms with Crippen LogP contribution in [-0.4, -0.2) is 50.6 Å². The van der Waals surface area contributed by atoms with Crippen LogP contribution in [0.15, 0.2) is 42.7 Å². The molecule has 1 atom stereocenters. The third-order valence-electron chi connectivity index (χ3n) is 8.64. The Morgan fingerprint density at radius 2 is 1.72 bits per heavy atom. The fourth-order valence-electron chi connectivity index (χ4n) is 6.79. The molecule has 1 aliphatic heterocycles. The van der Waals surface area contributed by atoms with Crippen molar-refractivity contribution >= 4 is 22.7 Å². The summed E-state index contributed by atoms with van der Waals surface area (Å²) in [4.78, 5) is 30.5. The van der Waals surface area contributed by atoms with E-state index >= 15 is 0 Å². The molecule has 2 saturated carbocycles. The monoisotopic (exact) mass is 488 g/mol. The highest BCUT2D eigenvalue weighted by Crippen LogP contribution is 2.42. The van der Waals surface area contributed by atoms with E-state index < -0.39 is 5.54 Å². The van der Waals surface area contributed by atoms with E-state index in [4.69, 9.17) is 4.74 Å². The van der Waals surface area contributed by atoms with E-state index in [-0.39, 0.29) is 23.9 Å². The predicted octanol–water partition coefficient (Wildman–Crippen LogP) is 5.05. The molecule has 0 saturated heterocycles. The van der Waals surface area contributed by atoms with Gasteiger partial charge in [-0.3, -0.25) is 9.59 Å². The lowest BCUT2D eigenvalue weighted by molar-refractivity contribution is -0.135. The van der Waals surface area contributed by atoms with Gasteiger partial charge in [0, 0.05) is 29.9 Å². The number of fused-ring (bicyclic) bond motifs is 3. The largest absolute Gasteiger partial charge is 0.497 e. The number of benzene rings is 1. The van der Waals surface area contributed by atoms with Crippen molar-refractivity contribution in [2.75, 3.05) is 7.11 Å². The number of ether oxygens (including phenoxy) is 1. The Labute approximate surface area is 212 Å². The van der Waals surface area contributed by atoms with Crippen LogP contribution in [-0.2, 0) is 11.3 Å². The van der Waals surface area contributed by atoms with E-state index in [0.29, 0.717) is 12.2 Å². The second-order valence-electron chi connectivity index (χ2n) is 11.0. The minimum Gasteiger partial charge on any atom is -0.497 e. The maximum atomic E-state index is 14.5. The third kappa shape index (κ3) is 3.62. The van der Waals surface area contributed by atoms with Gasteiger partial charge in [0.2, 0.25) is 5.91 Å². The van der Waals surface area contributed by atoms with Gasteiger partial charge in [0.05, 0.1) is 24.9 Å². The van der Waals surface area contributed by atoms with Gasteiger partial charge in [0.15, 0.2) is 0 Å². The third-order valence-corrected chi connectivity index (χ3v) is 8.64. The van der Waals surface area contributed by atoms with Crippen molar-refractivity contribution in [2.45, 2.75) is 88.9 Å². The summed E-state index contributed by atoms with van der Waals surface area (Å²) in [6.07, 6.45) is 13.6. The van der Waals surface area contributed by atoms with Crippen molar-refractivity contribution in [1.82, 2.24) is 19.4 Å². The highest BCUT2D eigenvalue weighted by atomic mass is 16.5. The van der Waals surface area contributed by atoms with Crippen molar-refractivity contribution in [3.05, 3.63) is 48.4 Å². The van der Waals surface area contributed by atoms with E-state index in [1.165, 1.54) is 6.42 Å². The molecule has 1 N–H and O–H groups in total. The molecule has 3 aliphatic rings. The minimum absolute atomic E-state index is 0.0156. The van der Waals surface area contributed by atoms with Gasteiger partial charge in [-0.1, -0.05) is 32.1 Å². The molecular formula is C29H36N4O3.